The summed E-state index contributed by atoms with van der Waals surface area (Å²) >= 11 is 3.38. The Balaban J connectivity index is 2.79. The van der Waals surface area contributed by atoms with E-state index in [-0.39, 0.29) is 0 Å². The molecule has 0 radical (unpaired) electrons. The van der Waals surface area contributed by atoms with Gasteiger partial charge in [-0.25, -0.2) is 0 Å². The van der Waals surface area contributed by atoms with Crippen LogP contribution < -0.4 is 0 Å². The Kier molecular flexibility index (Phi) is 3.17. The molecule has 11 heavy (non-hydrogen) atoms. The Hall–Kier alpha value is -0.760. The molecule has 0 bridgehead atoms. The maximum absolute atomic E-state index is 4.79. The minimum absolute atomic E-state index is 1.08. The van der Waals surface area contributed by atoms with Crippen molar-refractivity contribution in [2.45, 2.75) is 0 Å². The van der Waals surface area contributed by atoms with Crippen LogP contribution in [0.3, 0.4) is 0 Å². The van der Waals surface area contributed by atoms with Gasteiger partial charge in [-0.2, -0.15) is 0 Å². The van der Waals surface area contributed by atoms with E-state index in [1.54, 1.807) is 13.4 Å². The molecule has 2 heteroatoms. The molecule has 1 nitrogen and oxygen atoms in total. The fraction of sp³-hybridized carbons (Fsp3) is 0.111. The van der Waals surface area contributed by atoms with Gasteiger partial charge in [0.1, 0.15) is 0 Å². The number of benzene rings is 1. The van der Waals surface area contributed by atoms with E-state index < -0.39 is 0 Å². The minimum Gasteiger partial charge on any atom is -0.504 e. The van der Waals surface area contributed by atoms with Crippen LogP contribution in [0.1, 0.15) is 5.56 Å². The van der Waals surface area contributed by atoms with Crippen molar-refractivity contribution in [2.75, 3.05) is 7.11 Å². The van der Waals surface area contributed by atoms with Crippen molar-refractivity contribution in [3.05, 3.63) is 40.6 Å². The molecule has 58 valence electrons. The van der Waals surface area contributed by atoms with E-state index in [0.29, 0.717) is 0 Å². The van der Waals surface area contributed by atoms with E-state index >= 15 is 0 Å². The zero-order valence-corrected chi connectivity index (χ0v) is 7.84. The van der Waals surface area contributed by atoms with Crippen molar-refractivity contribution >= 4 is 22.0 Å². The largest absolute Gasteiger partial charge is 0.504 e. The zero-order valence-electron chi connectivity index (χ0n) is 6.25. The molecule has 0 aromatic heterocycles. The zero-order chi connectivity index (χ0) is 8.10. The van der Waals surface area contributed by atoms with Gasteiger partial charge in [0.15, 0.2) is 0 Å². The lowest BCUT2D eigenvalue weighted by Gasteiger charge is -1.93. The van der Waals surface area contributed by atoms with E-state index in [0.717, 1.165) is 10.0 Å². The highest BCUT2D eigenvalue weighted by Crippen LogP contribution is 2.12. The van der Waals surface area contributed by atoms with Gasteiger partial charge < -0.3 is 4.74 Å². The summed E-state index contributed by atoms with van der Waals surface area (Å²) in [6.07, 6.45) is 3.56. The lowest BCUT2D eigenvalue weighted by molar-refractivity contribution is 0.341. The molecule has 0 spiro atoms. The summed E-state index contributed by atoms with van der Waals surface area (Å²) in [5.41, 5.74) is 1.13. The minimum atomic E-state index is 1.08. The molecule has 0 atom stereocenters. The summed E-state index contributed by atoms with van der Waals surface area (Å²) < 4.78 is 5.87. The third kappa shape index (κ3) is 2.76. The van der Waals surface area contributed by atoms with Gasteiger partial charge >= 0.3 is 0 Å². The van der Waals surface area contributed by atoms with Gasteiger partial charge in [-0.05, 0) is 23.8 Å². The number of hydrogen-bond acceptors (Lipinski definition) is 1. The molecule has 0 fully saturated rings. The van der Waals surface area contributed by atoms with Gasteiger partial charge in [0.25, 0.3) is 0 Å². The summed E-state index contributed by atoms with van der Waals surface area (Å²) in [5, 5.41) is 0. The first-order chi connectivity index (χ1) is 5.33. The molecule has 0 unspecified atom stereocenters. The Labute approximate surface area is 74.8 Å². The Bertz CT molecular complexity index is 255. The van der Waals surface area contributed by atoms with E-state index in [2.05, 4.69) is 15.9 Å². The smallest absolute Gasteiger partial charge is 0.0830 e. The molecule has 0 aliphatic carbocycles. The van der Waals surface area contributed by atoms with Crippen molar-refractivity contribution < 1.29 is 4.74 Å². The number of ether oxygens (including phenoxy) is 1. The van der Waals surface area contributed by atoms with E-state index in [1.165, 1.54) is 0 Å². The Morgan fingerprint density at radius 1 is 1.45 bits per heavy atom. The second-order valence-corrected chi connectivity index (χ2v) is 3.01. The molecular formula is C9H9BrO. The molecule has 1 aromatic carbocycles. The van der Waals surface area contributed by atoms with Crippen LogP contribution in [-0.2, 0) is 4.74 Å². The average Bonchev–Trinajstić information content (AvgIpc) is 2.01. The first-order valence-corrected chi connectivity index (χ1v) is 4.07. The normalized spacial score (nSPS) is 10.4. The summed E-state index contributed by atoms with van der Waals surface area (Å²) in [6, 6.07) is 8.01. The molecule has 1 rings (SSSR count). The molecular weight excluding hydrogens is 204 g/mol. The van der Waals surface area contributed by atoms with Gasteiger partial charge in [-0.1, -0.05) is 28.1 Å². The summed E-state index contributed by atoms with van der Waals surface area (Å²) in [4.78, 5) is 0. The van der Waals surface area contributed by atoms with Crippen molar-refractivity contribution in [1.29, 1.82) is 0 Å². The topological polar surface area (TPSA) is 9.23 Å². The number of halogens is 1. The molecule has 0 saturated carbocycles. The fourth-order valence-corrected chi connectivity index (χ4v) is 1.17. The maximum Gasteiger partial charge on any atom is 0.0830 e. The SMILES string of the molecule is COC=Cc1cccc(Br)c1. The lowest BCUT2D eigenvalue weighted by Crippen LogP contribution is -1.71. The highest BCUT2D eigenvalue weighted by molar-refractivity contribution is 9.10. The third-order valence-electron chi connectivity index (χ3n) is 1.25. The average molecular weight is 213 g/mol. The fourth-order valence-electron chi connectivity index (χ4n) is 0.757. The van der Waals surface area contributed by atoms with Crippen molar-refractivity contribution in [1.82, 2.24) is 0 Å². The van der Waals surface area contributed by atoms with Crippen LogP contribution in [0.15, 0.2) is 35.0 Å². The van der Waals surface area contributed by atoms with Gasteiger partial charge in [-0.15, -0.1) is 0 Å². The van der Waals surface area contributed by atoms with Crippen molar-refractivity contribution in [2.24, 2.45) is 0 Å². The lowest BCUT2D eigenvalue weighted by atomic mass is 10.2. The van der Waals surface area contributed by atoms with E-state index in [4.69, 9.17) is 4.74 Å². The summed E-state index contributed by atoms with van der Waals surface area (Å²) in [7, 11) is 1.63. The van der Waals surface area contributed by atoms with Crippen LogP contribution in [0.2, 0.25) is 0 Å². The van der Waals surface area contributed by atoms with Crippen molar-refractivity contribution in [3.63, 3.8) is 0 Å². The highest BCUT2D eigenvalue weighted by atomic mass is 79.9. The quantitative estimate of drug-likeness (QED) is 0.686. The first kappa shape index (κ1) is 8.34. The van der Waals surface area contributed by atoms with E-state index in [9.17, 15) is 0 Å². The molecule has 0 amide bonds. The second kappa shape index (κ2) is 4.19. The maximum atomic E-state index is 4.79. The van der Waals surface area contributed by atoms with Crippen LogP contribution in [0, 0.1) is 0 Å². The third-order valence-corrected chi connectivity index (χ3v) is 1.74. The molecule has 0 heterocycles. The Morgan fingerprint density at radius 2 is 2.27 bits per heavy atom. The standard InChI is InChI=1S/C9H9BrO/c1-11-6-5-8-3-2-4-9(10)7-8/h2-7H,1H3. The molecule has 0 saturated heterocycles. The number of rotatable bonds is 2. The second-order valence-electron chi connectivity index (χ2n) is 2.09. The van der Waals surface area contributed by atoms with Crippen LogP contribution in [-0.4, -0.2) is 7.11 Å². The van der Waals surface area contributed by atoms with Crippen molar-refractivity contribution in [3.8, 4) is 0 Å². The highest BCUT2D eigenvalue weighted by Gasteiger charge is 1.86. The summed E-state index contributed by atoms with van der Waals surface area (Å²) in [5.74, 6) is 0. The molecule has 0 aliphatic heterocycles. The van der Waals surface area contributed by atoms with Gasteiger partial charge in [-0.3, -0.25) is 0 Å². The van der Waals surface area contributed by atoms with Gasteiger partial charge in [0.2, 0.25) is 0 Å². The summed E-state index contributed by atoms with van der Waals surface area (Å²) in [6.45, 7) is 0. The number of hydrogen-bond donors (Lipinski definition) is 0. The van der Waals surface area contributed by atoms with E-state index in [1.807, 2.05) is 30.3 Å². The first-order valence-electron chi connectivity index (χ1n) is 3.28. The monoisotopic (exact) mass is 212 g/mol. The number of methoxy groups -OCH3 is 1. The van der Waals surface area contributed by atoms with Gasteiger partial charge in [0.05, 0.1) is 13.4 Å². The Morgan fingerprint density at radius 3 is 2.91 bits per heavy atom. The predicted octanol–water partition coefficient (Wildman–Crippen LogP) is 3.07. The predicted molar refractivity (Wildman–Crippen MR) is 50.2 cm³/mol. The van der Waals surface area contributed by atoms with Gasteiger partial charge in [0, 0.05) is 4.47 Å². The molecule has 1 aromatic rings. The molecule has 0 N–H and O–H groups in total. The van der Waals surface area contributed by atoms with Crippen LogP contribution in [0.25, 0.3) is 6.08 Å². The van der Waals surface area contributed by atoms with Crippen LogP contribution >= 0.6 is 15.9 Å². The molecule has 0 aliphatic rings. The van der Waals surface area contributed by atoms with Crippen LogP contribution in [0.4, 0.5) is 0 Å². The van der Waals surface area contributed by atoms with Crippen LogP contribution in [0.5, 0.6) is 0 Å².